The monoisotopic (exact) mass is 409 g/mol. The average Bonchev–Trinajstić information content (AvgIpc) is 2.71. The molecule has 0 fully saturated rings. The molecule has 0 unspecified atom stereocenters. The third kappa shape index (κ3) is 5.05. The van der Waals surface area contributed by atoms with Crippen LogP contribution >= 0.6 is 0 Å². The lowest BCUT2D eigenvalue weighted by molar-refractivity contribution is -0.142. The van der Waals surface area contributed by atoms with E-state index in [1.165, 1.54) is 6.07 Å². The number of carboxylic acid groups (broad SMARTS) is 1. The lowest BCUT2D eigenvalue weighted by Crippen LogP contribution is -2.44. The van der Waals surface area contributed by atoms with E-state index in [-0.39, 0.29) is 13.0 Å². The molecule has 2 N–H and O–H groups in total. The molecule has 2 aromatic carbocycles. The number of benzene rings is 2. The van der Waals surface area contributed by atoms with Crippen LogP contribution in [0.4, 0.5) is 0 Å². The number of amides is 1. The second-order valence-electron chi connectivity index (χ2n) is 6.99. The molecule has 0 saturated heterocycles. The molecule has 0 aliphatic carbocycles. The van der Waals surface area contributed by atoms with Gasteiger partial charge in [-0.15, -0.1) is 0 Å². The normalized spacial score (nSPS) is 11.8. The Balaban J connectivity index is 1.72. The molecule has 0 aliphatic heterocycles. The first-order valence-corrected chi connectivity index (χ1v) is 9.63. The number of ether oxygens (including phenoxy) is 1. The maximum absolute atomic E-state index is 12.3. The summed E-state index contributed by atoms with van der Waals surface area (Å²) in [6, 6.07) is 12.9. The highest BCUT2D eigenvalue weighted by Gasteiger charge is 2.21. The number of carbonyl (C=O) groups excluding carboxylic acids is 1. The van der Waals surface area contributed by atoms with Crippen molar-refractivity contribution in [2.45, 2.75) is 32.7 Å². The topological polar surface area (TPSA) is 106 Å². The molecular weight excluding hydrogens is 386 g/mol. The van der Waals surface area contributed by atoms with E-state index in [1.54, 1.807) is 18.2 Å². The Hall–Kier alpha value is -3.61. The van der Waals surface area contributed by atoms with Gasteiger partial charge >= 0.3 is 11.6 Å². The Kier molecular flexibility index (Phi) is 6.51. The second kappa shape index (κ2) is 9.26. The highest BCUT2D eigenvalue weighted by molar-refractivity contribution is 5.85. The standard InChI is InChI=1S/C23H23NO6/c1-3-16-11-17-14(2)9-22(26)30-20(17)12-19(16)29-13-21(25)24-18(23(27)28)10-15-7-5-4-6-8-15/h4-9,11-12,18H,3,10,13H2,1-2H3,(H,24,25)(H,27,28)/t18-/m1/s1. The van der Waals surface area contributed by atoms with Gasteiger partial charge in [-0.3, -0.25) is 4.79 Å². The van der Waals surface area contributed by atoms with Crippen molar-refractivity contribution in [2.75, 3.05) is 6.61 Å². The number of aliphatic carboxylic acids is 1. The molecule has 3 aromatic rings. The van der Waals surface area contributed by atoms with E-state index in [1.807, 2.05) is 38.1 Å². The third-order valence-corrected chi connectivity index (χ3v) is 4.79. The summed E-state index contributed by atoms with van der Waals surface area (Å²) in [5, 5.41) is 12.7. The Labute approximate surface area is 173 Å². The van der Waals surface area contributed by atoms with Crippen molar-refractivity contribution in [3.63, 3.8) is 0 Å². The van der Waals surface area contributed by atoms with Crippen LogP contribution in [0.15, 0.2) is 57.7 Å². The van der Waals surface area contributed by atoms with Crippen molar-refractivity contribution >= 4 is 22.8 Å². The van der Waals surface area contributed by atoms with Crippen molar-refractivity contribution in [1.29, 1.82) is 0 Å². The number of hydrogen-bond acceptors (Lipinski definition) is 5. The molecule has 7 nitrogen and oxygen atoms in total. The smallest absolute Gasteiger partial charge is 0.336 e. The fourth-order valence-corrected chi connectivity index (χ4v) is 3.23. The minimum atomic E-state index is -1.12. The summed E-state index contributed by atoms with van der Waals surface area (Å²) in [6.45, 7) is 3.42. The SMILES string of the molecule is CCc1cc2c(C)cc(=O)oc2cc1OCC(=O)N[C@H](Cc1ccccc1)C(=O)O. The largest absolute Gasteiger partial charge is 0.483 e. The van der Waals surface area contributed by atoms with Gasteiger partial charge in [0, 0.05) is 23.9 Å². The highest BCUT2D eigenvalue weighted by atomic mass is 16.5. The van der Waals surface area contributed by atoms with Gasteiger partial charge in [-0.25, -0.2) is 9.59 Å². The molecular formula is C23H23NO6. The molecule has 3 rings (SSSR count). The summed E-state index contributed by atoms with van der Waals surface area (Å²) >= 11 is 0. The molecule has 0 radical (unpaired) electrons. The van der Waals surface area contributed by atoms with Crippen LogP contribution in [0.25, 0.3) is 11.0 Å². The van der Waals surface area contributed by atoms with Crippen molar-refractivity contribution in [1.82, 2.24) is 5.32 Å². The first kappa shape index (κ1) is 21.1. The Morgan fingerprint density at radius 1 is 1.17 bits per heavy atom. The van der Waals surface area contributed by atoms with E-state index < -0.39 is 23.5 Å². The van der Waals surface area contributed by atoms with E-state index in [2.05, 4.69) is 5.32 Å². The molecule has 156 valence electrons. The van der Waals surface area contributed by atoms with E-state index in [0.717, 1.165) is 22.1 Å². The minimum absolute atomic E-state index is 0.169. The van der Waals surface area contributed by atoms with Gasteiger partial charge in [0.1, 0.15) is 17.4 Å². The van der Waals surface area contributed by atoms with Crippen molar-refractivity contribution in [3.8, 4) is 5.75 Å². The second-order valence-corrected chi connectivity index (χ2v) is 6.99. The molecule has 0 bridgehead atoms. The van der Waals surface area contributed by atoms with E-state index >= 15 is 0 Å². The quantitative estimate of drug-likeness (QED) is 0.554. The fraction of sp³-hybridized carbons (Fsp3) is 0.261. The third-order valence-electron chi connectivity index (χ3n) is 4.79. The van der Waals surface area contributed by atoms with Gasteiger partial charge in [0.2, 0.25) is 0 Å². The number of fused-ring (bicyclic) bond motifs is 1. The first-order valence-electron chi connectivity index (χ1n) is 9.63. The first-order chi connectivity index (χ1) is 14.4. The summed E-state index contributed by atoms with van der Waals surface area (Å²) in [7, 11) is 0. The molecule has 1 amide bonds. The molecule has 7 heteroatoms. The predicted octanol–water partition coefficient (Wildman–Crippen LogP) is 2.85. The number of carboxylic acids is 1. The predicted molar refractivity (Wildman–Crippen MR) is 112 cm³/mol. The average molecular weight is 409 g/mol. The van der Waals surface area contributed by atoms with Crippen molar-refractivity contribution < 1.29 is 23.8 Å². The van der Waals surface area contributed by atoms with E-state index in [4.69, 9.17) is 9.15 Å². The molecule has 0 aliphatic rings. The van der Waals surface area contributed by atoms with Gasteiger partial charge < -0.3 is 19.6 Å². The molecule has 1 heterocycles. The van der Waals surface area contributed by atoms with Crippen LogP contribution in [0, 0.1) is 6.92 Å². The highest BCUT2D eigenvalue weighted by Crippen LogP contribution is 2.27. The van der Waals surface area contributed by atoms with E-state index in [0.29, 0.717) is 17.8 Å². The molecule has 0 saturated carbocycles. The van der Waals surface area contributed by atoms with Crippen LogP contribution < -0.4 is 15.7 Å². The molecule has 1 atom stereocenters. The zero-order valence-electron chi connectivity index (χ0n) is 16.8. The fourth-order valence-electron chi connectivity index (χ4n) is 3.23. The Morgan fingerprint density at radius 2 is 1.90 bits per heavy atom. The Morgan fingerprint density at radius 3 is 2.57 bits per heavy atom. The Bertz CT molecular complexity index is 1120. The number of aryl methyl sites for hydroxylation is 2. The maximum Gasteiger partial charge on any atom is 0.336 e. The van der Waals surface area contributed by atoms with Crippen molar-refractivity contribution in [3.05, 3.63) is 75.6 Å². The van der Waals surface area contributed by atoms with Crippen molar-refractivity contribution in [2.24, 2.45) is 0 Å². The summed E-state index contributed by atoms with van der Waals surface area (Å²) in [5.74, 6) is -1.25. The van der Waals surface area contributed by atoms with Gasteiger partial charge in [0.25, 0.3) is 5.91 Å². The number of carbonyl (C=O) groups is 2. The lowest BCUT2D eigenvalue weighted by atomic mass is 10.1. The van der Waals surface area contributed by atoms with Gasteiger partial charge in [0.15, 0.2) is 6.61 Å². The van der Waals surface area contributed by atoms with Gasteiger partial charge in [-0.05, 0) is 36.1 Å². The van der Waals surface area contributed by atoms with Crippen LogP contribution in [0.1, 0.15) is 23.6 Å². The molecule has 0 spiro atoms. The van der Waals surface area contributed by atoms with E-state index in [9.17, 15) is 19.5 Å². The van der Waals surface area contributed by atoms with Gasteiger partial charge in [-0.1, -0.05) is 37.3 Å². The zero-order valence-corrected chi connectivity index (χ0v) is 16.8. The summed E-state index contributed by atoms with van der Waals surface area (Å²) in [4.78, 5) is 35.5. The van der Waals surface area contributed by atoms with Crippen LogP contribution in [-0.2, 0) is 22.4 Å². The summed E-state index contributed by atoms with van der Waals surface area (Å²) in [6.07, 6.45) is 0.819. The minimum Gasteiger partial charge on any atom is -0.483 e. The zero-order chi connectivity index (χ0) is 21.7. The number of nitrogens with one attached hydrogen (secondary N) is 1. The maximum atomic E-state index is 12.3. The lowest BCUT2D eigenvalue weighted by Gasteiger charge is -2.16. The summed E-state index contributed by atoms with van der Waals surface area (Å²) in [5.41, 5.74) is 2.37. The van der Waals surface area contributed by atoms with Crippen LogP contribution in [-0.4, -0.2) is 29.6 Å². The van der Waals surface area contributed by atoms with Crippen LogP contribution in [0.5, 0.6) is 5.75 Å². The molecule has 1 aromatic heterocycles. The number of rotatable bonds is 8. The van der Waals surface area contributed by atoms with Crippen LogP contribution in [0.2, 0.25) is 0 Å². The number of hydrogen-bond donors (Lipinski definition) is 2. The summed E-state index contributed by atoms with van der Waals surface area (Å²) < 4.78 is 10.9. The molecule has 30 heavy (non-hydrogen) atoms. The van der Waals surface area contributed by atoms with Gasteiger partial charge in [0.05, 0.1) is 0 Å². The van der Waals surface area contributed by atoms with Gasteiger partial charge in [-0.2, -0.15) is 0 Å². The van der Waals surface area contributed by atoms with Crippen LogP contribution in [0.3, 0.4) is 0 Å².